The number of thiophene rings is 1. The van der Waals surface area contributed by atoms with Crippen LogP contribution in [0.1, 0.15) is 42.6 Å². The molecule has 0 saturated heterocycles. The smallest absolute Gasteiger partial charge is 0.263 e. The Bertz CT molecular complexity index is 1230. The molecule has 4 aromatic rings. The zero-order valence-corrected chi connectivity index (χ0v) is 19.0. The van der Waals surface area contributed by atoms with Crippen LogP contribution in [0, 0.1) is 13.8 Å². The van der Waals surface area contributed by atoms with Gasteiger partial charge in [-0.25, -0.2) is 4.98 Å². The quantitative estimate of drug-likeness (QED) is 0.231. The van der Waals surface area contributed by atoms with Crippen molar-refractivity contribution in [1.29, 1.82) is 0 Å². The zero-order chi connectivity index (χ0) is 21.3. The van der Waals surface area contributed by atoms with Crippen LogP contribution in [-0.4, -0.2) is 30.4 Å². The SMILES string of the molecule is Cc1sc2nc(SCCCc3nc(-c4ccncc4)no3)n(C(C)C)c(=O)c2c1C. The van der Waals surface area contributed by atoms with E-state index in [1.165, 1.54) is 0 Å². The van der Waals surface area contributed by atoms with E-state index in [2.05, 4.69) is 15.1 Å². The molecule has 4 rings (SSSR count). The number of pyridine rings is 1. The Morgan fingerprint density at radius 3 is 2.70 bits per heavy atom. The highest BCUT2D eigenvalue weighted by molar-refractivity contribution is 7.99. The molecular formula is C21H23N5O2S2. The lowest BCUT2D eigenvalue weighted by Crippen LogP contribution is -2.25. The third kappa shape index (κ3) is 4.04. The van der Waals surface area contributed by atoms with Crippen LogP contribution in [-0.2, 0) is 6.42 Å². The number of rotatable bonds is 7. The molecule has 0 radical (unpaired) electrons. The summed E-state index contributed by atoms with van der Waals surface area (Å²) < 4.78 is 7.17. The van der Waals surface area contributed by atoms with Crippen molar-refractivity contribution in [3.05, 3.63) is 51.2 Å². The number of hydrogen-bond donors (Lipinski definition) is 0. The molecule has 156 valence electrons. The lowest BCUT2D eigenvalue weighted by Gasteiger charge is -2.15. The number of aromatic nitrogens is 5. The maximum Gasteiger partial charge on any atom is 0.263 e. The molecule has 0 bridgehead atoms. The Labute approximate surface area is 182 Å². The molecule has 30 heavy (non-hydrogen) atoms. The molecule has 0 aliphatic carbocycles. The lowest BCUT2D eigenvalue weighted by molar-refractivity contribution is 0.378. The van der Waals surface area contributed by atoms with Crippen LogP contribution in [0.25, 0.3) is 21.6 Å². The summed E-state index contributed by atoms with van der Waals surface area (Å²) in [7, 11) is 0. The van der Waals surface area contributed by atoms with Crippen LogP contribution < -0.4 is 5.56 Å². The summed E-state index contributed by atoms with van der Waals surface area (Å²) in [5.74, 6) is 1.99. The average Bonchev–Trinajstić information content (AvgIpc) is 3.30. The number of hydrogen-bond acceptors (Lipinski definition) is 8. The molecule has 0 N–H and O–H groups in total. The van der Waals surface area contributed by atoms with Gasteiger partial charge < -0.3 is 4.52 Å². The fourth-order valence-electron chi connectivity index (χ4n) is 3.21. The van der Waals surface area contributed by atoms with Gasteiger partial charge in [0, 0.05) is 41.0 Å². The molecule has 0 atom stereocenters. The van der Waals surface area contributed by atoms with Gasteiger partial charge in [-0.2, -0.15) is 4.98 Å². The molecule has 0 amide bonds. The van der Waals surface area contributed by atoms with Crippen LogP contribution >= 0.6 is 23.1 Å². The molecule has 0 saturated carbocycles. The van der Waals surface area contributed by atoms with Crippen molar-refractivity contribution in [2.45, 2.75) is 51.7 Å². The van der Waals surface area contributed by atoms with E-state index in [0.29, 0.717) is 18.1 Å². The summed E-state index contributed by atoms with van der Waals surface area (Å²) in [6.07, 6.45) is 4.93. The van der Waals surface area contributed by atoms with Gasteiger partial charge in [0.1, 0.15) is 4.83 Å². The summed E-state index contributed by atoms with van der Waals surface area (Å²) in [5, 5.41) is 5.56. The molecule has 0 aromatic carbocycles. The Balaban J connectivity index is 1.46. The van der Waals surface area contributed by atoms with E-state index in [0.717, 1.165) is 43.6 Å². The van der Waals surface area contributed by atoms with Crippen molar-refractivity contribution in [1.82, 2.24) is 24.7 Å². The van der Waals surface area contributed by atoms with Gasteiger partial charge in [-0.3, -0.25) is 14.3 Å². The highest BCUT2D eigenvalue weighted by atomic mass is 32.2. The molecule has 0 spiro atoms. The molecule has 7 nitrogen and oxygen atoms in total. The molecular weight excluding hydrogens is 418 g/mol. The summed E-state index contributed by atoms with van der Waals surface area (Å²) >= 11 is 3.19. The van der Waals surface area contributed by atoms with Crippen LogP contribution in [0.15, 0.2) is 39.0 Å². The Morgan fingerprint density at radius 1 is 1.20 bits per heavy atom. The number of aryl methyl sites for hydroxylation is 3. The second kappa shape index (κ2) is 8.69. The first kappa shape index (κ1) is 20.7. The first-order valence-electron chi connectivity index (χ1n) is 9.83. The average molecular weight is 442 g/mol. The predicted molar refractivity (Wildman–Crippen MR) is 120 cm³/mol. The van der Waals surface area contributed by atoms with Gasteiger partial charge in [-0.1, -0.05) is 16.9 Å². The van der Waals surface area contributed by atoms with Crippen molar-refractivity contribution < 1.29 is 4.52 Å². The predicted octanol–water partition coefficient (Wildman–Crippen LogP) is 4.83. The Morgan fingerprint density at radius 2 is 1.97 bits per heavy atom. The normalized spacial score (nSPS) is 11.6. The maximum atomic E-state index is 13.1. The first-order chi connectivity index (χ1) is 14.5. The van der Waals surface area contributed by atoms with E-state index in [9.17, 15) is 4.79 Å². The molecule has 9 heteroatoms. The van der Waals surface area contributed by atoms with Gasteiger partial charge in [0.25, 0.3) is 5.56 Å². The van der Waals surface area contributed by atoms with E-state index in [4.69, 9.17) is 9.51 Å². The van der Waals surface area contributed by atoms with Gasteiger partial charge in [-0.05, 0) is 51.8 Å². The van der Waals surface area contributed by atoms with Gasteiger partial charge >= 0.3 is 0 Å². The molecule has 4 heterocycles. The van der Waals surface area contributed by atoms with Crippen molar-refractivity contribution in [3.63, 3.8) is 0 Å². The minimum Gasteiger partial charge on any atom is -0.339 e. The fourth-order valence-corrected chi connectivity index (χ4v) is 5.34. The Hall–Kier alpha value is -2.52. The number of nitrogens with zero attached hydrogens (tertiary/aromatic N) is 5. The second-order valence-corrected chi connectivity index (χ2v) is 9.59. The van der Waals surface area contributed by atoms with E-state index >= 15 is 0 Å². The van der Waals surface area contributed by atoms with Crippen molar-refractivity contribution in [3.8, 4) is 11.4 Å². The largest absolute Gasteiger partial charge is 0.339 e. The zero-order valence-electron chi connectivity index (χ0n) is 17.4. The Kier molecular flexibility index (Phi) is 6.01. The first-order valence-corrected chi connectivity index (χ1v) is 11.6. The molecule has 0 aliphatic rings. The highest BCUT2D eigenvalue weighted by Gasteiger charge is 2.18. The van der Waals surface area contributed by atoms with Crippen molar-refractivity contribution in [2.75, 3.05) is 5.75 Å². The third-order valence-electron chi connectivity index (χ3n) is 4.89. The van der Waals surface area contributed by atoms with E-state index in [-0.39, 0.29) is 11.6 Å². The second-order valence-electron chi connectivity index (χ2n) is 7.33. The van der Waals surface area contributed by atoms with Gasteiger partial charge in [-0.15, -0.1) is 11.3 Å². The number of fused-ring (bicyclic) bond motifs is 1. The van der Waals surface area contributed by atoms with Crippen LogP contribution in [0.5, 0.6) is 0 Å². The summed E-state index contributed by atoms with van der Waals surface area (Å²) in [5.41, 5.74) is 1.98. The summed E-state index contributed by atoms with van der Waals surface area (Å²) in [4.78, 5) is 28.3. The van der Waals surface area contributed by atoms with Gasteiger partial charge in [0.2, 0.25) is 11.7 Å². The van der Waals surface area contributed by atoms with Crippen molar-refractivity contribution in [2.24, 2.45) is 0 Å². The maximum absolute atomic E-state index is 13.1. The standard InChI is InChI=1S/C21H23N5O2S2/c1-12(2)26-20(27)17-13(3)14(4)30-19(17)24-21(26)29-11-5-6-16-23-18(25-28-16)15-7-9-22-10-8-15/h7-10,12H,5-6,11H2,1-4H3. The number of thioether (sulfide) groups is 1. The molecule has 0 unspecified atom stereocenters. The fraction of sp³-hybridized carbons (Fsp3) is 0.381. The van der Waals surface area contributed by atoms with Gasteiger partial charge in [0.15, 0.2) is 5.16 Å². The third-order valence-corrected chi connectivity index (χ3v) is 7.03. The van der Waals surface area contributed by atoms with Crippen molar-refractivity contribution >= 4 is 33.3 Å². The van der Waals surface area contributed by atoms with E-state index in [1.54, 1.807) is 40.1 Å². The molecule has 0 fully saturated rings. The van der Waals surface area contributed by atoms with Crippen LogP contribution in [0.2, 0.25) is 0 Å². The molecule has 4 aromatic heterocycles. The van der Waals surface area contributed by atoms with E-state index < -0.39 is 0 Å². The minimum atomic E-state index is 0.0513. The van der Waals surface area contributed by atoms with Crippen LogP contribution in [0.4, 0.5) is 0 Å². The van der Waals surface area contributed by atoms with Crippen LogP contribution in [0.3, 0.4) is 0 Å². The molecule has 0 aliphatic heterocycles. The van der Waals surface area contributed by atoms with Gasteiger partial charge in [0.05, 0.1) is 5.39 Å². The monoisotopic (exact) mass is 441 g/mol. The highest BCUT2D eigenvalue weighted by Crippen LogP contribution is 2.29. The topological polar surface area (TPSA) is 86.7 Å². The summed E-state index contributed by atoms with van der Waals surface area (Å²) in [6, 6.07) is 3.76. The summed E-state index contributed by atoms with van der Waals surface area (Å²) in [6.45, 7) is 8.08. The van der Waals surface area contributed by atoms with E-state index in [1.807, 2.05) is 39.8 Å². The lowest BCUT2D eigenvalue weighted by atomic mass is 10.2. The minimum absolute atomic E-state index is 0.0513.